The molecule has 2 unspecified atom stereocenters. The van der Waals surface area contributed by atoms with Crippen LogP contribution >= 0.6 is 0 Å². The lowest BCUT2D eigenvalue weighted by Gasteiger charge is -2.36. The second kappa shape index (κ2) is 6.48. The van der Waals surface area contributed by atoms with Crippen LogP contribution in [-0.4, -0.2) is 56.0 Å². The molecule has 0 radical (unpaired) electrons. The molecule has 136 valence electrons. The minimum atomic E-state index is -3.25. The van der Waals surface area contributed by atoms with Gasteiger partial charge in [-0.1, -0.05) is 36.4 Å². The molecule has 0 bridgehead atoms. The van der Waals surface area contributed by atoms with Crippen LogP contribution in [0.4, 0.5) is 4.39 Å². The Hall–Kier alpha value is -2.25. The van der Waals surface area contributed by atoms with Gasteiger partial charge in [-0.25, -0.2) is 12.8 Å². The lowest BCUT2D eigenvalue weighted by Crippen LogP contribution is -2.53. The third kappa shape index (κ3) is 3.12. The zero-order chi connectivity index (χ0) is 18.3. The van der Waals surface area contributed by atoms with E-state index < -0.39 is 33.7 Å². The summed E-state index contributed by atoms with van der Waals surface area (Å²) in [6.45, 7) is 0.507. The smallest absolute Gasteiger partial charge is 0.257 e. The summed E-state index contributed by atoms with van der Waals surface area (Å²) in [5.74, 6) is -1.33. The highest BCUT2D eigenvalue weighted by Crippen LogP contribution is 2.28. The molecule has 26 heavy (non-hydrogen) atoms. The highest BCUT2D eigenvalue weighted by atomic mass is 32.2. The number of carbonyl (C=O) groups excluding carboxylic acids is 1. The van der Waals surface area contributed by atoms with E-state index in [1.807, 2.05) is 30.3 Å². The first kappa shape index (κ1) is 17.2. The average molecular weight is 375 g/mol. The van der Waals surface area contributed by atoms with Gasteiger partial charge in [0, 0.05) is 6.54 Å². The standard InChI is InChI=1S/C19H18FNO4S/c20-16-7-6-14(13-4-2-1-3-5-13)10-15(16)19(22)21-8-9-25-18-12-26(23,24)11-17(18)21/h1-7,10,17-18H,8-9,11-12H2. The van der Waals surface area contributed by atoms with Crippen LogP contribution in [0.2, 0.25) is 0 Å². The van der Waals surface area contributed by atoms with E-state index in [1.165, 1.54) is 17.0 Å². The molecule has 2 aliphatic heterocycles. The van der Waals surface area contributed by atoms with Crippen LogP contribution in [0.15, 0.2) is 48.5 Å². The van der Waals surface area contributed by atoms with Crippen molar-refractivity contribution in [1.29, 1.82) is 0 Å². The Kier molecular flexibility index (Phi) is 4.28. The first-order chi connectivity index (χ1) is 12.4. The van der Waals surface area contributed by atoms with Gasteiger partial charge in [-0.3, -0.25) is 4.79 Å². The predicted octanol–water partition coefficient (Wildman–Crippen LogP) is 2.13. The Morgan fingerprint density at radius 1 is 1.08 bits per heavy atom. The Labute approximate surface area is 151 Å². The van der Waals surface area contributed by atoms with E-state index in [1.54, 1.807) is 6.07 Å². The largest absolute Gasteiger partial charge is 0.373 e. The van der Waals surface area contributed by atoms with Gasteiger partial charge in [0.1, 0.15) is 5.82 Å². The number of morpholine rings is 1. The van der Waals surface area contributed by atoms with Crippen molar-refractivity contribution in [3.63, 3.8) is 0 Å². The number of amides is 1. The van der Waals surface area contributed by atoms with Crippen molar-refractivity contribution in [3.8, 4) is 11.1 Å². The fourth-order valence-corrected chi connectivity index (χ4v) is 5.49. The molecular formula is C19H18FNO4S. The second-order valence-electron chi connectivity index (χ2n) is 6.61. The quantitative estimate of drug-likeness (QED) is 0.807. The van der Waals surface area contributed by atoms with Gasteiger partial charge in [-0.05, 0) is 23.3 Å². The maximum atomic E-state index is 14.4. The summed E-state index contributed by atoms with van der Waals surface area (Å²) < 4.78 is 43.7. The van der Waals surface area contributed by atoms with Gasteiger partial charge in [-0.15, -0.1) is 0 Å². The van der Waals surface area contributed by atoms with Gasteiger partial charge in [-0.2, -0.15) is 0 Å². The van der Waals surface area contributed by atoms with E-state index in [4.69, 9.17) is 4.74 Å². The first-order valence-corrected chi connectivity index (χ1v) is 10.2. The SMILES string of the molecule is O=C(c1cc(-c2ccccc2)ccc1F)N1CCOC2CS(=O)(=O)CC21. The molecule has 0 saturated carbocycles. The van der Waals surface area contributed by atoms with Crippen LogP contribution in [0, 0.1) is 5.82 Å². The molecule has 4 rings (SSSR count). The van der Waals surface area contributed by atoms with Gasteiger partial charge in [0.2, 0.25) is 0 Å². The minimum absolute atomic E-state index is 0.0451. The minimum Gasteiger partial charge on any atom is -0.373 e. The van der Waals surface area contributed by atoms with E-state index in [0.29, 0.717) is 0 Å². The molecule has 0 spiro atoms. The molecule has 2 aromatic rings. The fourth-order valence-electron chi connectivity index (χ4n) is 3.62. The maximum absolute atomic E-state index is 14.4. The summed E-state index contributed by atoms with van der Waals surface area (Å²) in [6.07, 6.45) is -0.530. The number of hydrogen-bond acceptors (Lipinski definition) is 4. The van der Waals surface area contributed by atoms with E-state index in [0.717, 1.165) is 11.1 Å². The van der Waals surface area contributed by atoms with Crippen LogP contribution < -0.4 is 0 Å². The van der Waals surface area contributed by atoms with Crippen LogP contribution in [0.25, 0.3) is 11.1 Å². The number of rotatable bonds is 2. The van der Waals surface area contributed by atoms with Crippen LogP contribution in [0.5, 0.6) is 0 Å². The monoisotopic (exact) mass is 375 g/mol. The Morgan fingerprint density at radius 2 is 1.85 bits per heavy atom. The number of ether oxygens (including phenoxy) is 1. The average Bonchev–Trinajstić information content (AvgIpc) is 2.96. The molecule has 2 aromatic carbocycles. The van der Waals surface area contributed by atoms with Gasteiger partial charge >= 0.3 is 0 Å². The predicted molar refractivity (Wildman–Crippen MR) is 95.1 cm³/mol. The Morgan fingerprint density at radius 3 is 2.62 bits per heavy atom. The van der Waals surface area contributed by atoms with Crippen molar-refractivity contribution in [1.82, 2.24) is 4.90 Å². The van der Waals surface area contributed by atoms with Crippen molar-refractivity contribution in [2.75, 3.05) is 24.7 Å². The molecule has 0 aliphatic carbocycles. The zero-order valence-corrected chi connectivity index (χ0v) is 14.8. The molecule has 1 amide bonds. The normalized spacial score (nSPS) is 24.3. The second-order valence-corrected chi connectivity index (χ2v) is 8.77. The molecule has 2 heterocycles. The summed E-state index contributed by atoms with van der Waals surface area (Å²) >= 11 is 0. The summed E-state index contributed by atoms with van der Waals surface area (Å²) in [6, 6.07) is 13.3. The Balaban J connectivity index is 1.68. The molecule has 2 atom stereocenters. The summed E-state index contributed by atoms with van der Waals surface area (Å²) in [5.41, 5.74) is 1.57. The van der Waals surface area contributed by atoms with Crippen molar-refractivity contribution in [3.05, 3.63) is 59.9 Å². The topological polar surface area (TPSA) is 63.7 Å². The van der Waals surface area contributed by atoms with E-state index in [-0.39, 0.29) is 30.2 Å². The zero-order valence-electron chi connectivity index (χ0n) is 14.0. The van der Waals surface area contributed by atoms with Gasteiger partial charge in [0.05, 0.1) is 35.8 Å². The van der Waals surface area contributed by atoms with Crippen LogP contribution in [0.3, 0.4) is 0 Å². The van der Waals surface area contributed by atoms with Crippen LogP contribution in [0.1, 0.15) is 10.4 Å². The molecule has 2 fully saturated rings. The number of benzene rings is 2. The summed E-state index contributed by atoms with van der Waals surface area (Å²) in [4.78, 5) is 14.4. The highest BCUT2D eigenvalue weighted by molar-refractivity contribution is 7.91. The first-order valence-electron chi connectivity index (χ1n) is 8.42. The van der Waals surface area contributed by atoms with Crippen molar-refractivity contribution in [2.24, 2.45) is 0 Å². The number of fused-ring (bicyclic) bond motifs is 1. The number of hydrogen-bond donors (Lipinski definition) is 0. The number of nitrogens with zero attached hydrogens (tertiary/aromatic N) is 1. The highest BCUT2D eigenvalue weighted by Gasteiger charge is 2.46. The molecular weight excluding hydrogens is 357 g/mol. The van der Waals surface area contributed by atoms with E-state index >= 15 is 0 Å². The molecule has 5 nitrogen and oxygen atoms in total. The van der Waals surface area contributed by atoms with E-state index in [2.05, 4.69) is 0 Å². The molecule has 2 saturated heterocycles. The lowest BCUT2D eigenvalue weighted by atomic mass is 10.0. The van der Waals surface area contributed by atoms with E-state index in [9.17, 15) is 17.6 Å². The van der Waals surface area contributed by atoms with Gasteiger partial charge < -0.3 is 9.64 Å². The number of carbonyl (C=O) groups is 1. The third-order valence-corrected chi connectivity index (χ3v) is 6.59. The maximum Gasteiger partial charge on any atom is 0.257 e. The number of halogens is 1. The molecule has 7 heteroatoms. The third-order valence-electron chi connectivity index (χ3n) is 4.90. The molecule has 2 aliphatic rings. The van der Waals surface area contributed by atoms with Crippen LogP contribution in [-0.2, 0) is 14.6 Å². The Bertz CT molecular complexity index is 945. The van der Waals surface area contributed by atoms with Crippen molar-refractivity contribution >= 4 is 15.7 Å². The number of sulfone groups is 1. The lowest BCUT2D eigenvalue weighted by molar-refractivity contribution is -0.0362. The summed E-state index contributed by atoms with van der Waals surface area (Å²) in [7, 11) is -3.25. The fraction of sp³-hybridized carbons (Fsp3) is 0.316. The van der Waals surface area contributed by atoms with Crippen molar-refractivity contribution < 1.29 is 22.3 Å². The van der Waals surface area contributed by atoms with Gasteiger partial charge in [0.25, 0.3) is 5.91 Å². The van der Waals surface area contributed by atoms with Gasteiger partial charge in [0.15, 0.2) is 9.84 Å². The molecule has 0 N–H and O–H groups in total. The van der Waals surface area contributed by atoms with Crippen molar-refractivity contribution in [2.45, 2.75) is 12.1 Å². The summed E-state index contributed by atoms with van der Waals surface area (Å²) in [5, 5.41) is 0. The molecule has 0 aromatic heterocycles.